The van der Waals surface area contributed by atoms with Crippen molar-refractivity contribution < 1.29 is 9.72 Å². The molecular formula is C21H17N5O3. The van der Waals surface area contributed by atoms with Crippen LogP contribution >= 0.6 is 0 Å². The predicted octanol–water partition coefficient (Wildman–Crippen LogP) is 4.42. The number of hydrogen-bond donors (Lipinski definition) is 2. The Labute approximate surface area is 165 Å². The number of hydrazone groups is 1. The quantitative estimate of drug-likeness (QED) is 0.306. The van der Waals surface area contributed by atoms with E-state index in [1.54, 1.807) is 32.0 Å². The van der Waals surface area contributed by atoms with Gasteiger partial charge in [-0.1, -0.05) is 18.2 Å². The standard InChI is InChI=1S/C21H17N5O3/c1-12(2)24-25-21(27)18-11-16-15-5-3-4-6-17(15)22-20(16)19(23-18)13-7-9-14(10-8-13)26(28)29/h3-11,22H,1-2H3,(H,25,27). The molecule has 1 amide bonds. The van der Waals surface area contributed by atoms with Crippen LogP contribution in [0.15, 0.2) is 59.7 Å². The van der Waals surface area contributed by atoms with E-state index in [0.29, 0.717) is 17.0 Å². The van der Waals surface area contributed by atoms with Crippen LogP contribution in [0.5, 0.6) is 0 Å². The Morgan fingerprint density at radius 3 is 2.52 bits per heavy atom. The van der Waals surface area contributed by atoms with Gasteiger partial charge in [-0.05, 0) is 38.1 Å². The number of nitrogens with zero attached hydrogens (tertiary/aromatic N) is 3. The van der Waals surface area contributed by atoms with Gasteiger partial charge in [-0.15, -0.1) is 0 Å². The number of hydrogen-bond acceptors (Lipinski definition) is 5. The summed E-state index contributed by atoms with van der Waals surface area (Å²) in [6, 6.07) is 15.6. The number of H-pyrrole nitrogens is 1. The van der Waals surface area contributed by atoms with Gasteiger partial charge in [-0.3, -0.25) is 14.9 Å². The summed E-state index contributed by atoms with van der Waals surface area (Å²) in [7, 11) is 0. The van der Waals surface area contributed by atoms with Gasteiger partial charge in [0.1, 0.15) is 5.69 Å². The zero-order valence-corrected chi connectivity index (χ0v) is 15.8. The molecule has 0 atom stereocenters. The Balaban J connectivity index is 1.94. The molecule has 8 heteroatoms. The minimum atomic E-state index is -0.454. The maximum Gasteiger partial charge on any atom is 0.289 e. The lowest BCUT2D eigenvalue weighted by Gasteiger charge is -2.07. The first-order valence-corrected chi connectivity index (χ1v) is 8.91. The molecule has 2 aromatic heterocycles. The third kappa shape index (κ3) is 3.43. The molecule has 0 radical (unpaired) electrons. The molecule has 8 nitrogen and oxygen atoms in total. The summed E-state index contributed by atoms with van der Waals surface area (Å²) in [5.41, 5.74) is 6.27. The van der Waals surface area contributed by atoms with Crippen LogP contribution in [-0.4, -0.2) is 26.5 Å². The van der Waals surface area contributed by atoms with E-state index in [2.05, 4.69) is 20.5 Å². The second kappa shape index (κ2) is 7.16. The first kappa shape index (κ1) is 18.3. The number of carbonyl (C=O) groups is 1. The SMILES string of the molecule is CC(C)=NNC(=O)c1cc2c([nH]c3ccccc32)c(-c2ccc([N+](=O)[O-])cc2)n1. The molecule has 0 bridgehead atoms. The van der Waals surface area contributed by atoms with Crippen LogP contribution in [0, 0.1) is 10.1 Å². The van der Waals surface area contributed by atoms with Crippen molar-refractivity contribution in [2.45, 2.75) is 13.8 Å². The van der Waals surface area contributed by atoms with Gasteiger partial charge in [-0.25, -0.2) is 10.4 Å². The fraction of sp³-hybridized carbons (Fsp3) is 0.0952. The number of nitro benzene ring substituents is 1. The lowest BCUT2D eigenvalue weighted by molar-refractivity contribution is -0.384. The molecule has 0 saturated heterocycles. The average Bonchev–Trinajstić information content (AvgIpc) is 3.10. The van der Waals surface area contributed by atoms with Crippen molar-refractivity contribution in [1.29, 1.82) is 0 Å². The number of nitro groups is 1. The highest BCUT2D eigenvalue weighted by molar-refractivity contribution is 6.13. The van der Waals surface area contributed by atoms with Crippen LogP contribution in [0.2, 0.25) is 0 Å². The monoisotopic (exact) mass is 387 g/mol. The van der Waals surface area contributed by atoms with Gasteiger partial charge in [0.15, 0.2) is 0 Å². The van der Waals surface area contributed by atoms with E-state index in [-0.39, 0.29) is 11.4 Å². The highest BCUT2D eigenvalue weighted by Crippen LogP contribution is 2.33. The molecular weight excluding hydrogens is 370 g/mol. The van der Waals surface area contributed by atoms with E-state index in [1.807, 2.05) is 24.3 Å². The lowest BCUT2D eigenvalue weighted by atomic mass is 10.1. The molecule has 2 heterocycles. The fourth-order valence-corrected chi connectivity index (χ4v) is 3.13. The highest BCUT2D eigenvalue weighted by atomic mass is 16.6. The number of pyridine rings is 1. The first-order valence-electron chi connectivity index (χ1n) is 8.91. The van der Waals surface area contributed by atoms with Crippen LogP contribution in [0.4, 0.5) is 5.69 Å². The summed E-state index contributed by atoms with van der Waals surface area (Å²) in [5.74, 6) is -0.429. The average molecular weight is 387 g/mol. The number of aromatic amines is 1. The Bertz CT molecular complexity index is 1290. The van der Waals surface area contributed by atoms with E-state index >= 15 is 0 Å². The Morgan fingerprint density at radius 1 is 1.10 bits per heavy atom. The number of aromatic nitrogens is 2. The molecule has 0 fully saturated rings. The number of nitrogens with one attached hydrogen (secondary N) is 2. The van der Waals surface area contributed by atoms with Crippen molar-refractivity contribution in [3.05, 3.63) is 70.4 Å². The van der Waals surface area contributed by atoms with Gasteiger partial charge in [-0.2, -0.15) is 5.10 Å². The smallest absolute Gasteiger partial charge is 0.289 e. The molecule has 0 unspecified atom stereocenters. The third-order valence-electron chi connectivity index (χ3n) is 4.46. The zero-order valence-electron chi connectivity index (χ0n) is 15.8. The number of benzene rings is 2. The Hall–Kier alpha value is -4.07. The van der Waals surface area contributed by atoms with Crippen LogP contribution in [0.3, 0.4) is 0 Å². The van der Waals surface area contributed by atoms with Crippen LogP contribution in [0.1, 0.15) is 24.3 Å². The Kier molecular flexibility index (Phi) is 4.52. The van der Waals surface area contributed by atoms with Gasteiger partial charge in [0.25, 0.3) is 11.6 Å². The largest absolute Gasteiger partial charge is 0.353 e. The molecule has 144 valence electrons. The minimum absolute atomic E-state index is 0.0108. The summed E-state index contributed by atoms with van der Waals surface area (Å²) < 4.78 is 0. The van der Waals surface area contributed by atoms with Crippen molar-refractivity contribution in [2.24, 2.45) is 5.10 Å². The number of amides is 1. The van der Waals surface area contributed by atoms with E-state index in [9.17, 15) is 14.9 Å². The summed E-state index contributed by atoms with van der Waals surface area (Å²) >= 11 is 0. The molecule has 0 spiro atoms. The Morgan fingerprint density at radius 2 is 1.83 bits per heavy atom. The second-order valence-corrected chi connectivity index (χ2v) is 6.75. The molecule has 0 aliphatic rings. The summed E-state index contributed by atoms with van der Waals surface area (Å²) in [6.45, 7) is 3.55. The summed E-state index contributed by atoms with van der Waals surface area (Å²) in [6.07, 6.45) is 0. The van der Waals surface area contributed by atoms with Gasteiger partial charge >= 0.3 is 0 Å². The minimum Gasteiger partial charge on any atom is -0.353 e. The number of non-ortho nitro benzene ring substituents is 1. The summed E-state index contributed by atoms with van der Waals surface area (Å²) in [5, 5.41) is 16.7. The molecule has 0 saturated carbocycles. The normalized spacial score (nSPS) is 10.8. The van der Waals surface area contributed by atoms with Crippen molar-refractivity contribution in [3.63, 3.8) is 0 Å². The van der Waals surface area contributed by atoms with Crippen LogP contribution < -0.4 is 5.43 Å². The number of para-hydroxylation sites is 1. The van der Waals surface area contributed by atoms with Crippen LogP contribution in [0.25, 0.3) is 33.1 Å². The van der Waals surface area contributed by atoms with Crippen molar-refractivity contribution >= 4 is 39.1 Å². The maximum atomic E-state index is 12.6. The number of rotatable bonds is 4. The van der Waals surface area contributed by atoms with E-state index in [1.165, 1.54) is 12.1 Å². The fourth-order valence-electron chi connectivity index (χ4n) is 3.13. The number of carbonyl (C=O) groups excluding carboxylic acids is 1. The van der Waals surface area contributed by atoms with Crippen LogP contribution in [-0.2, 0) is 0 Å². The first-order chi connectivity index (χ1) is 13.9. The van der Waals surface area contributed by atoms with Crippen molar-refractivity contribution in [2.75, 3.05) is 0 Å². The van der Waals surface area contributed by atoms with E-state index in [4.69, 9.17) is 0 Å². The molecule has 0 aliphatic carbocycles. The predicted molar refractivity (Wildman–Crippen MR) is 112 cm³/mol. The highest BCUT2D eigenvalue weighted by Gasteiger charge is 2.17. The topological polar surface area (TPSA) is 113 Å². The van der Waals surface area contributed by atoms with Gasteiger partial charge in [0.2, 0.25) is 0 Å². The third-order valence-corrected chi connectivity index (χ3v) is 4.46. The molecule has 29 heavy (non-hydrogen) atoms. The molecule has 2 aromatic carbocycles. The molecule has 0 aliphatic heterocycles. The maximum absolute atomic E-state index is 12.6. The van der Waals surface area contributed by atoms with Crippen molar-refractivity contribution in [1.82, 2.24) is 15.4 Å². The second-order valence-electron chi connectivity index (χ2n) is 6.75. The van der Waals surface area contributed by atoms with E-state index < -0.39 is 10.8 Å². The molecule has 4 aromatic rings. The lowest BCUT2D eigenvalue weighted by Crippen LogP contribution is -2.20. The van der Waals surface area contributed by atoms with E-state index in [0.717, 1.165) is 21.8 Å². The summed E-state index contributed by atoms with van der Waals surface area (Å²) in [4.78, 5) is 31.0. The van der Waals surface area contributed by atoms with Gasteiger partial charge in [0.05, 0.1) is 16.1 Å². The van der Waals surface area contributed by atoms with Gasteiger partial charge in [0, 0.05) is 39.7 Å². The van der Waals surface area contributed by atoms with Crippen molar-refractivity contribution in [3.8, 4) is 11.3 Å². The zero-order chi connectivity index (χ0) is 20.5. The molecule has 4 rings (SSSR count). The number of fused-ring (bicyclic) bond motifs is 3. The molecule has 2 N–H and O–H groups in total. The van der Waals surface area contributed by atoms with Gasteiger partial charge < -0.3 is 4.98 Å².